The fourth-order valence-corrected chi connectivity index (χ4v) is 2.03. The minimum atomic E-state index is -0.384. The molecular formula is C16H16N2O2. The van der Waals surface area contributed by atoms with Crippen LogP contribution in [0, 0.1) is 24.0 Å². The number of nitrogens with two attached hydrogens (primary N) is 1. The zero-order valence-electron chi connectivity index (χ0n) is 11.5. The third-order valence-electron chi connectivity index (χ3n) is 3.20. The van der Waals surface area contributed by atoms with Crippen molar-refractivity contribution in [1.82, 2.24) is 0 Å². The van der Waals surface area contributed by atoms with Crippen molar-refractivity contribution < 1.29 is 4.92 Å². The smallest absolute Gasteiger partial charge is 0.269 e. The normalized spacial score (nSPS) is 10.9. The summed E-state index contributed by atoms with van der Waals surface area (Å²) in [5, 5.41) is 10.7. The van der Waals surface area contributed by atoms with E-state index in [0.29, 0.717) is 0 Å². The molecule has 0 atom stereocenters. The summed E-state index contributed by atoms with van der Waals surface area (Å²) >= 11 is 0. The van der Waals surface area contributed by atoms with Crippen molar-refractivity contribution >= 4 is 23.5 Å². The number of aryl methyl sites for hydroxylation is 2. The first-order valence-electron chi connectivity index (χ1n) is 6.26. The zero-order chi connectivity index (χ0) is 14.7. The van der Waals surface area contributed by atoms with E-state index < -0.39 is 0 Å². The van der Waals surface area contributed by atoms with Crippen molar-refractivity contribution in [1.29, 1.82) is 0 Å². The van der Waals surface area contributed by atoms with Crippen molar-refractivity contribution in [3.8, 4) is 0 Å². The molecule has 0 heterocycles. The van der Waals surface area contributed by atoms with Gasteiger partial charge < -0.3 is 5.73 Å². The van der Waals surface area contributed by atoms with Crippen LogP contribution in [0.25, 0.3) is 12.2 Å². The van der Waals surface area contributed by atoms with E-state index in [0.717, 1.165) is 27.9 Å². The molecule has 2 aromatic rings. The second-order valence-electron chi connectivity index (χ2n) is 4.75. The molecule has 4 nitrogen and oxygen atoms in total. The molecule has 0 aromatic heterocycles. The molecule has 0 spiro atoms. The molecule has 0 fully saturated rings. The molecule has 0 aliphatic carbocycles. The number of nitrogens with zero attached hydrogens (tertiary/aromatic N) is 1. The average Bonchev–Trinajstić information content (AvgIpc) is 2.38. The maximum atomic E-state index is 10.7. The van der Waals surface area contributed by atoms with Crippen LogP contribution in [0.4, 0.5) is 11.4 Å². The Balaban J connectivity index is 2.29. The van der Waals surface area contributed by atoms with Gasteiger partial charge in [0.05, 0.1) is 4.92 Å². The van der Waals surface area contributed by atoms with E-state index in [1.54, 1.807) is 12.1 Å². The minimum absolute atomic E-state index is 0.114. The quantitative estimate of drug-likeness (QED) is 0.396. The van der Waals surface area contributed by atoms with E-state index in [1.165, 1.54) is 6.07 Å². The molecule has 20 heavy (non-hydrogen) atoms. The van der Waals surface area contributed by atoms with Gasteiger partial charge in [-0.25, -0.2) is 0 Å². The summed E-state index contributed by atoms with van der Waals surface area (Å²) in [5.41, 5.74) is 10.6. The summed E-state index contributed by atoms with van der Waals surface area (Å²) in [5.74, 6) is 0. The van der Waals surface area contributed by atoms with Gasteiger partial charge in [-0.05, 0) is 54.3 Å². The highest BCUT2D eigenvalue weighted by atomic mass is 16.6. The zero-order valence-corrected chi connectivity index (χ0v) is 11.5. The van der Waals surface area contributed by atoms with Crippen LogP contribution in [-0.4, -0.2) is 4.92 Å². The first-order chi connectivity index (χ1) is 9.47. The Kier molecular flexibility index (Phi) is 3.84. The lowest BCUT2D eigenvalue weighted by molar-refractivity contribution is -0.384. The molecule has 0 saturated heterocycles. The van der Waals surface area contributed by atoms with Crippen LogP contribution < -0.4 is 5.73 Å². The molecule has 4 heteroatoms. The fraction of sp³-hybridized carbons (Fsp3) is 0.125. The highest BCUT2D eigenvalue weighted by Crippen LogP contribution is 2.20. The number of nitrogen functional groups attached to an aromatic ring is 1. The monoisotopic (exact) mass is 268 g/mol. The minimum Gasteiger partial charge on any atom is -0.399 e. The number of rotatable bonds is 3. The lowest BCUT2D eigenvalue weighted by atomic mass is 10.0. The second-order valence-corrected chi connectivity index (χ2v) is 4.75. The maximum absolute atomic E-state index is 10.7. The van der Waals surface area contributed by atoms with Crippen molar-refractivity contribution in [2.75, 3.05) is 5.73 Å². The van der Waals surface area contributed by atoms with E-state index in [4.69, 9.17) is 5.73 Å². The molecule has 0 unspecified atom stereocenters. The van der Waals surface area contributed by atoms with Crippen LogP contribution in [0.2, 0.25) is 0 Å². The molecule has 102 valence electrons. The number of anilines is 1. The summed E-state index contributed by atoms with van der Waals surface area (Å²) in [6, 6.07) is 10.6. The molecule has 2 N–H and O–H groups in total. The van der Waals surface area contributed by atoms with Gasteiger partial charge >= 0.3 is 0 Å². The number of hydrogen-bond acceptors (Lipinski definition) is 3. The molecule has 0 saturated carbocycles. The lowest BCUT2D eigenvalue weighted by Crippen LogP contribution is -1.90. The van der Waals surface area contributed by atoms with Gasteiger partial charge in [0.2, 0.25) is 0 Å². The predicted octanol–water partition coefficient (Wildman–Crippen LogP) is 3.96. The summed E-state index contributed by atoms with van der Waals surface area (Å²) in [7, 11) is 0. The summed E-state index contributed by atoms with van der Waals surface area (Å²) < 4.78 is 0. The van der Waals surface area contributed by atoms with Crippen LogP contribution in [-0.2, 0) is 0 Å². The first-order valence-corrected chi connectivity index (χ1v) is 6.26. The highest BCUT2D eigenvalue weighted by molar-refractivity contribution is 5.73. The molecule has 0 amide bonds. The van der Waals surface area contributed by atoms with Crippen LogP contribution in [0.1, 0.15) is 22.3 Å². The number of non-ortho nitro benzene ring substituents is 1. The third kappa shape index (κ3) is 3.03. The Morgan fingerprint density at radius 2 is 1.55 bits per heavy atom. The first kappa shape index (κ1) is 13.8. The van der Waals surface area contributed by atoms with E-state index >= 15 is 0 Å². The van der Waals surface area contributed by atoms with Crippen molar-refractivity contribution in [3.63, 3.8) is 0 Å². The van der Waals surface area contributed by atoms with Gasteiger partial charge in [-0.1, -0.05) is 18.2 Å². The standard InChI is InChI=1S/C16H16N2O2/c1-11-9-15(17)7-5-13(11)3-4-14-6-8-16(18(19)20)10-12(14)2/h3-10H,17H2,1-2H3/b4-3+. The molecule has 2 rings (SSSR count). The summed E-state index contributed by atoms with van der Waals surface area (Å²) in [4.78, 5) is 10.3. The average molecular weight is 268 g/mol. The van der Waals surface area contributed by atoms with Gasteiger partial charge in [0.1, 0.15) is 0 Å². The molecule has 0 radical (unpaired) electrons. The fourth-order valence-electron chi connectivity index (χ4n) is 2.03. The van der Waals surface area contributed by atoms with E-state index in [-0.39, 0.29) is 10.6 Å². The Labute approximate surface area is 117 Å². The SMILES string of the molecule is Cc1cc(N)ccc1/C=C/c1ccc([N+](=O)[O-])cc1C. The second kappa shape index (κ2) is 5.57. The number of nitro benzene ring substituents is 1. The lowest BCUT2D eigenvalue weighted by Gasteiger charge is -2.03. The van der Waals surface area contributed by atoms with Gasteiger partial charge in [0.15, 0.2) is 0 Å². The summed E-state index contributed by atoms with van der Waals surface area (Å²) in [6.45, 7) is 3.86. The van der Waals surface area contributed by atoms with Gasteiger partial charge in [-0.2, -0.15) is 0 Å². The Hall–Kier alpha value is -2.62. The number of benzene rings is 2. The van der Waals surface area contributed by atoms with Gasteiger partial charge in [-0.3, -0.25) is 10.1 Å². The Morgan fingerprint density at radius 3 is 2.05 bits per heavy atom. The van der Waals surface area contributed by atoms with Gasteiger partial charge in [-0.15, -0.1) is 0 Å². The largest absolute Gasteiger partial charge is 0.399 e. The Morgan fingerprint density at radius 1 is 1.00 bits per heavy atom. The van der Waals surface area contributed by atoms with Crippen LogP contribution in [0.5, 0.6) is 0 Å². The molecule has 0 bridgehead atoms. The van der Waals surface area contributed by atoms with E-state index in [2.05, 4.69) is 0 Å². The van der Waals surface area contributed by atoms with Crippen molar-refractivity contribution in [3.05, 3.63) is 68.8 Å². The maximum Gasteiger partial charge on any atom is 0.269 e. The van der Waals surface area contributed by atoms with Crippen LogP contribution in [0.3, 0.4) is 0 Å². The van der Waals surface area contributed by atoms with Gasteiger partial charge in [0, 0.05) is 17.8 Å². The number of nitro groups is 1. The van der Waals surface area contributed by atoms with Crippen molar-refractivity contribution in [2.45, 2.75) is 13.8 Å². The summed E-state index contributed by atoms with van der Waals surface area (Å²) in [6.07, 6.45) is 3.94. The molecule has 0 aliphatic rings. The molecular weight excluding hydrogens is 252 g/mol. The van der Waals surface area contributed by atoms with Crippen LogP contribution in [0.15, 0.2) is 36.4 Å². The van der Waals surface area contributed by atoms with Crippen LogP contribution >= 0.6 is 0 Å². The van der Waals surface area contributed by atoms with E-state index in [9.17, 15) is 10.1 Å². The topological polar surface area (TPSA) is 69.2 Å². The predicted molar refractivity (Wildman–Crippen MR) is 82.4 cm³/mol. The van der Waals surface area contributed by atoms with Crippen molar-refractivity contribution in [2.24, 2.45) is 0 Å². The van der Waals surface area contributed by atoms with E-state index in [1.807, 2.05) is 44.2 Å². The highest BCUT2D eigenvalue weighted by Gasteiger charge is 2.06. The molecule has 2 aromatic carbocycles. The molecule has 0 aliphatic heterocycles. The third-order valence-corrected chi connectivity index (χ3v) is 3.20. The Bertz CT molecular complexity index is 691. The van der Waals surface area contributed by atoms with Gasteiger partial charge in [0.25, 0.3) is 5.69 Å². The number of hydrogen-bond donors (Lipinski definition) is 1.